The van der Waals surface area contributed by atoms with Crippen LogP contribution in [0.3, 0.4) is 0 Å². The van der Waals surface area contributed by atoms with Gasteiger partial charge in [0.2, 0.25) is 0 Å². The van der Waals surface area contributed by atoms with Crippen LogP contribution in [0.1, 0.15) is 52.8 Å². The minimum absolute atomic E-state index is 0.197. The predicted molar refractivity (Wildman–Crippen MR) is 161 cm³/mol. The lowest BCUT2D eigenvalue weighted by Gasteiger charge is -2.24. The van der Waals surface area contributed by atoms with Crippen molar-refractivity contribution in [2.24, 2.45) is 4.99 Å². The van der Waals surface area contributed by atoms with E-state index in [1.165, 1.54) is 11.3 Å². The second-order valence-corrected chi connectivity index (χ2v) is 11.5. The lowest BCUT2D eigenvalue weighted by Crippen LogP contribution is -2.39. The smallest absolute Gasteiger partial charge is 0.338 e. The summed E-state index contributed by atoms with van der Waals surface area (Å²) in [4.78, 5) is 44.9. The topological polar surface area (TPSA) is 103 Å². The molecular formula is C31H29N3O5S2. The molecule has 0 radical (unpaired) electrons. The van der Waals surface area contributed by atoms with Crippen molar-refractivity contribution < 1.29 is 19.4 Å². The summed E-state index contributed by atoms with van der Waals surface area (Å²) >= 11 is 2.88. The van der Waals surface area contributed by atoms with Crippen molar-refractivity contribution in [1.82, 2.24) is 9.13 Å². The molecule has 0 amide bonds. The standard InChI is InChI=1S/C31H29N3O5S2/c1-6-39-30(38)26-18(3)32-31-34(27(26)20-10-12-24(40-5)13-11-20)28(35)25(41-31)16-22-14-17(2)33(19(22)4)23-9-7-8-21(15-23)29(36)37/h7-16,27H,6H2,1-5H3,(H,36,37)/b25-16-/t27-/m1/s1. The highest BCUT2D eigenvalue weighted by Crippen LogP contribution is 2.32. The molecule has 210 valence electrons. The monoisotopic (exact) mass is 587 g/mol. The normalized spacial score (nSPS) is 15.0. The van der Waals surface area contributed by atoms with Crippen molar-refractivity contribution in [2.75, 3.05) is 12.9 Å². The van der Waals surface area contributed by atoms with Gasteiger partial charge in [-0.15, -0.1) is 11.8 Å². The maximum Gasteiger partial charge on any atom is 0.338 e. The molecule has 5 rings (SSSR count). The molecule has 0 fully saturated rings. The molecular weight excluding hydrogens is 558 g/mol. The van der Waals surface area contributed by atoms with Crippen LogP contribution >= 0.6 is 23.1 Å². The number of hydrogen-bond acceptors (Lipinski definition) is 7. The van der Waals surface area contributed by atoms with Gasteiger partial charge in [-0.1, -0.05) is 29.5 Å². The van der Waals surface area contributed by atoms with Gasteiger partial charge < -0.3 is 14.4 Å². The number of carboxylic acids is 1. The third-order valence-electron chi connectivity index (χ3n) is 7.06. The summed E-state index contributed by atoms with van der Waals surface area (Å²) < 4.78 is 9.41. The number of carbonyl (C=O) groups is 2. The van der Waals surface area contributed by atoms with E-state index in [0.29, 0.717) is 20.6 Å². The summed E-state index contributed by atoms with van der Waals surface area (Å²) in [6, 6.07) is 15.9. The van der Waals surface area contributed by atoms with Gasteiger partial charge in [0.1, 0.15) is 0 Å². The number of aromatic nitrogens is 2. The van der Waals surface area contributed by atoms with Gasteiger partial charge in [-0.05, 0) is 87.6 Å². The molecule has 41 heavy (non-hydrogen) atoms. The van der Waals surface area contributed by atoms with E-state index in [1.807, 2.05) is 67.1 Å². The molecule has 0 saturated heterocycles. The Kier molecular flexibility index (Phi) is 7.88. The van der Waals surface area contributed by atoms with Crippen LogP contribution in [0, 0.1) is 13.8 Å². The van der Waals surface area contributed by atoms with E-state index in [4.69, 9.17) is 4.74 Å². The molecule has 1 aliphatic rings. The Bertz CT molecular complexity index is 1890. The molecule has 0 aliphatic carbocycles. The van der Waals surface area contributed by atoms with Crippen molar-refractivity contribution >= 4 is 41.1 Å². The van der Waals surface area contributed by atoms with Crippen molar-refractivity contribution in [3.05, 3.63) is 114 Å². The Balaban J connectivity index is 1.67. The van der Waals surface area contributed by atoms with Gasteiger partial charge in [0.25, 0.3) is 5.56 Å². The SMILES string of the molecule is CCOC(=O)C1=C(C)N=c2s/c(=C\c3cc(C)n(-c4cccc(C(=O)O)c4)c3C)c(=O)n2[C@@H]1c1ccc(SC)cc1. The molecule has 0 spiro atoms. The first kappa shape index (κ1) is 28.4. The predicted octanol–water partition coefficient (Wildman–Crippen LogP) is 4.63. The van der Waals surface area contributed by atoms with Crippen LogP contribution in [0.25, 0.3) is 11.8 Å². The quantitative estimate of drug-likeness (QED) is 0.250. The molecule has 1 aliphatic heterocycles. The van der Waals surface area contributed by atoms with Gasteiger partial charge >= 0.3 is 11.9 Å². The summed E-state index contributed by atoms with van der Waals surface area (Å²) in [5.41, 5.74) is 4.93. The first-order valence-corrected chi connectivity index (χ1v) is 15.0. The fraction of sp³-hybridized carbons (Fsp3) is 0.226. The summed E-state index contributed by atoms with van der Waals surface area (Å²) in [6.45, 7) is 7.60. The summed E-state index contributed by atoms with van der Waals surface area (Å²) in [7, 11) is 0. The Labute approximate surface area is 244 Å². The maximum atomic E-state index is 14.0. The highest BCUT2D eigenvalue weighted by molar-refractivity contribution is 7.98. The number of fused-ring (bicyclic) bond motifs is 1. The van der Waals surface area contributed by atoms with Crippen LogP contribution in [0.2, 0.25) is 0 Å². The van der Waals surface area contributed by atoms with Crippen LogP contribution in [0.15, 0.2) is 80.5 Å². The fourth-order valence-electron chi connectivity index (χ4n) is 5.14. The Morgan fingerprint density at radius 3 is 2.51 bits per heavy atom. The number of carbonyl (C=O) groups excluding carboxylic acids is 1. The van der Waals surface area contributed by atoms with Crippen molar-refractivity contribution in [3.63, 3.8) is 0 Å². The summed E-state index contributed by atoms with van der Waals surface area (Å²) in [5.74, 6) is -1.49. The first-order chi connectivity index (χ1) is 19.6. The average Bonchev–Trinajstić information content (AvgIpc) is 3.41. The molecule has 3 heterocycles. The lowest BCUT2D eigenvalue weighted by molar-refractivity contribution is -0.139. The molecule has 1 N–H and O–H groups in total. The van der Waals surface area contributed by atoms with Crippen LogP contribution < -0.4 is 14.9 Å². The van der Waals surface area contributed by atoms with Crippen LogP contribution in [0.5, 0.6) is 0 Å². The number of allylic oxidation sites excluding steroid dienone is 1. The van der Waals surface area contributed by atoms with Crippen molar-refractivity contribution in [3.8, 4) is 5.69 Å². The minimum atomic E-state index is -0.995. The molecule has 10 heteroatoms. The third kappa shape index (κ3) is 5.20. The number of benzene rings is 2. The fourth-order valence-corrected chi connectivity index (χ4v) is 6.59. The van der Waals surface area contributed by atoms with E-state index >= 15 is 0 Å². The number of aryl methyl sites for hydroxylation is 1. The zero-order valence-corrected chi connectivity index (χ0v) is 24.9. The molecule has 8 nitrogen and oxygen atoms in total. The molecule has 0 bridgehead atoms. The minimum Gasteiger partial charge on any atom is -0.478 e. The number of aromatic carboxylic acids is 1. The molecule has 2 aromatic heterocycles. The molecule has 0 unspecified atom stereocenters. The number of rotatable bonds is 7. The first-order valence-electron chi connectivity index (χ1n) is 13.0. The zero-order chi connectivity index (χ0) is 29.4. The average molecular weight is 588 g/mol. The van der Waals surface area contributed by atoms with Crippen molar-refractivity contribution in [1.29, 1.82) is 0 Å². The summed E-state index contributed by atoms with van der Waals surface area (Å²) in [6.07, 6.45) is 3.83. The van der Waals surface area contributed by atoms with E-state index in [-0.39, 0.29) is 17.7 Å². The number of carboxylic acid groups (broad SMARTS) is 1. The highest BCUT2D eigenvalue weighted by atomic mass is 32.2. The second kappa shape index (κ2) is 11.4. The number of nitrogens with zero attached hydrogens (tertiary/aromatic N) is 3. The number of esters is 1. The van der Waals surface area contributed by atoms with Crippen LogP contribution in [0.4, 0.5) is 0 Å². The van der Waals surface area contributed by atoms with Crippen LogP contribution in [-0.2, 0) is 9.53 Å². The number of ether oxygens (including phenoxy) is 1. The van der Waals surface area contributed by atoms with Crippen LogP contribution in [-0.4, -0.2) is 39.0 Å². The van der Waals surface area contributed by atoms with Gasteiger partial charge in [-0.25, -0.2) is 14.6 Å². The molecule has 0 saturated carbocycles. The van der Waals surface area contributed by atoms with E-state index < -0.39 is 18.0 Å². The second-order valence-electron chi connectivity index (χ2n) is 9.59. The Morgan fingerprint density at radius 1 is 1.12 bits per heavy atom. The van der Waals surface area contributed by atoms with E-state index in [2.05, 4.69) is 4.99 Å². The summed E-state index contributed by atoms with van der Waals surface area (Å²) in [5, 5.41) is 9.44. The van der Waals surface area contributed by atoms with Gasteiger partial charge in [0, 0.05) is 22.0 Å². The van der Waals surface area contributed by atoms with E-state index in [0.717, 1.165) is 33.1 Å². The van der Waals surface area contributed by atoms with Crippen molar-refractivity contribution in [2.45, 2.75) is 38.6 Å². The van der Waals surface area contributed by atoms with Gasteiger partial charge in [-0.2, -0.15) is 0 Å². The number of thiazole rings is 1. The maximum absolute atomic E-state index is 14.0. The largest absolute Gasteiger partial charge is 0.478 e. The molecule has 4 aromatic rings. The number of thioether (sulfide) groups is 1. The Hall–Kier alpha value is -4.15. The number of hydrogen-bond donors (Lipinski definition) is 1. The highest BCUT2D eigenvalue weighted by Gasteiger charge is 2.33. The molecule has 1 atom stereocenters. The van der Waals surface area contributed by atoms with E-state index in [9.17, 15) is 19.5 Å². The van der Waals surface area contributed by atoms with Gasteiger partial charge in [0.05, 0.1) is 34.0 Å². The zero-order valence-electron chi connectivity index (χ0n) is 23.3. The lowest BCUT2D eigenvalue weighted by atomic mass is 9.96. The van der Waals surface area contributed by atoms with E-state index in [1.54, 1.807) is 48.4 Å². The van der Waals surface area contributed by atoms with Gasteiger partial charge in [0.15, 0.2) is 4.80 Å². The molecule has 2 aromatic carbocycles. The van der Waals surface area contributed by atoms with Gasteiger partial charge in [-0.3, -0.25) is 9.36 Å². The third-order valence-corrected chi connectivity index (χ3v) is 8.78. The Morgan fingerprint density at radius 2 is 1.85 bits per heavy atom.